The predicted molar refractivity (Wildman–Crippen MR) is 109 cm³/mol. The fourth-order valence-electron chi connectivity index (χ4n) is 2.77. The Bertz CT molecular complexity index is 843. The minimum Gasteiger partial charge on any atom is -0.349 e. The summed E-state index contributed by atoms with van der Waals surface area (Å²) < 4.78 is 22.8. The number of hydrogen-bond acceptors (Lipinski definition) is 5. The number of carbonyl (C=O) groups excluding carboxylic acids is 2. The lowest BCUT2D eigenvalue weighted by Gasteiger charge is -2.19. The molecular formula is C21H26NO5P. The fraction of sp³-hybridized carbons (Fsp3) is 0.333. The fourth-order valence-corrected chi connectivity index (χ4v) is 4.26. The molecule has 0 spiro atoms. The highest BCUT2D eigenvalue weighted by Crippen LogP contribution is 2.47. The summed E-state index contributed by atoms with van der Waals surface area (Å²) in [6, 6.07) is 15.7. The van der Waals surface area contributed by atoms with Gasteiger partial charge in [-0.2, -0.15) is 0 Å². The van der Waals surface area contributed by atoms with Crippen LogP contribution in [0.3, 0.4) is 0 Å². The lowest BCUT2D eigenvalue weighted by atomic mass is 9.99. The van der Waals surface area contributed by atoms with Gasteiger partial charge in [-0.15, -0.1) is 0 Å². The predicted octanol–water partition coefficient (Wildman–Crippen LogP) is 4.36. The van der Waals surface area contributed by atoms with Gasteiger partial charge in [-0.25, -0.2) is 0 Å². The Hall–Kier alpha value is -2.27. The van der Waals surface area contributed by atoms with Gasteiger partial charge < -0.3 is 14.4 Å². The van der Waals surface area contributed by atoms with Crippen LogP contribution < -0.4 is 5.32 Å². The van der Waals surface area contributed by atoms with Gasteiger partial charge in [-0.1, -0.05) is 48.5 Å². The van der Waals surface area contributed by atoms with Crippen LogP contribution in [0.1, 0.15) is 48.3 Å². The minimum atomic E-state index is -3.45. The van der Waals surface area contributed by atoms with E-state index in [4.69, 9.17) is 9.05 Å². The van der Waals surface area contributed by atoms with Crippen LogP contribution in [0.5, 0.6) is 0 Å². The molecule has 0 unspecified atom stereocenters. The van der Waals surface area contributed by atoms with Crippen LogP contribution >= 0.6 is 7.60 Å². The quantitative estimate of drug-likeness (QED) is 0.471. The van der Waals surface area contributed by atoms with E-state index in [1.807, 2.05) is 24.3 Å². The SMILES string of the molecule is CCOP(=O)(CC(=O)N[C@@H](C)c1cccc(C(=O)c2ccccc2)c1)OCC. The van der Waals surface area contributed by atoms with Crippen molar-refractivity contribution in [2.45, 2.75) is 26.8 Å². The van der Waals surface area contributed by atoms with E-state index in [0.29, 0.717) is 11.1 Å². The van der Waals surface area contributed by atoms with Gasteiger partial charge in [0.1, 0.15) is 6.16 Å². The van der Waals surface area contributed by atoms with Crippen LogP contribution in [0, 0.1) is 0 Å². The molecule has 2 aromatic rings. The molecule has 0 fully saturated rings. The Morgan fingerprint density at radius 2 is 1.57 bits per heavy atom. The number of amides is 1. The summed E-state index contributed by atoms with van der Waals surface area (Å²) in [5.74, 6) is -0.518. The highest BCUT2D eigenvalue weighted by Gasteiger charge is 2.28. The molecule has 28 heavy (non-hydrogen) atoms. The molecule has 6 nitrogen and oxygen atoms in total. The zero-order valence-electron chi connectivity index (χ0n) is 16.4. The van der Waals surface area contributed by atoms with Gasteiger partial charge in [0.25, 0.3) is 0 Å². The maximum Gasteiger partial charge on any atom is 0.340 e. The lowest BCUT2D eigenvalue weighted by molar-refractivity contribution is -0.119. The molecule has 1 amide bonds. The average Bonchev–Trinajstić information content (AvgIpc) is 2.68. The minimum absolute atomic E-state index is 0.0850. The molecule has 0 heterocycles. The molecule has 7 heteroatoms. The second kappa shape index (κ2) is 10.3. The van der Waals surface area contributed by atoms with Crippen LogP contribution in [-0.2, 0) is 18.4 Å². The zero-order chi connectivity index (χ0) is 20.6. The molecule has 2 rings (SSSR count). The van der Waals surface area contributed by atoms with Crippen LogP contribution in [0.25, 0.3) is 0 Å². The molecule has 0 radical (unpaired) electrons. The van der Waals surface area contributed by atoms with Crippen molar-refractivity contribution in [1.82, 2.24) is 5.32 Å². The number of nitrogens with one attached hydrogen (secondary N) is 1. The van der Waals surface area contributed by atoms with E-state index in [2.05, 4.69) is 5.32 Å². The van der Waals surface area contributed by atoms with Crippen molar-refractivity contribution in [3.63, 3.8) is 0 Å². The van der Waals surface area contributed by atoms with E-state index in [9.17, 15) is 14.2 Å². The second-order valence-electron chi connectivity index (χ2n) is 6.21. The first kappa shape index (κ1) is 22.0. The molecule has 2 aromatic carbocycles. The molecule has 1 atom stereocenters. The summed E-state index contributed by atoms with van der Waals surface area (Å²) in [5.41, 5.74) is 1.92. The van der Waals surface area contributed by atoms with Crippen molar-refractivity contribution in [2.24, 2.45) is 0 Å². The van der Waals surface area contributed by atoms with Crippen molar-refractivity contribution in [1.29, 1.82) is 0 Å². The third-order valence-electron chi connectivity index (χ3n) is 4.05. The smallest absolute Gasteiger partial charge is 0.340 e. The van der Waals surface area contributed by atoms with Crippen LogP contribution in [-0.4, -0.2) is 31.1 Å². The van der Waals surface area contributed by atoms with Gasteiger partial charge in [0.2, 0.25) is 5.91 Å². The summed E-state index contributed by atoms with van der Waals surface area (Å²) in [6.07, 6.45) is -0.346. The van der Waals surface area contributed by atoms with Crippen molar-refractivity contribution in [3.05, 3.63) is 71.3 Å². The Morgan fingerprint density at radius 3 is 2.18 bits per heavy atom. The van der Waals surface area contributed by atoms with Gasteiger partial charge in [0.15, 0.2) is 5.78 Å². The summed E-state index contributed by atoms with van der Waals surface area (Å²) in [6.45, 7) is 5.59. The Labute approximate surface area is 165 Å². The largest absolute Gasteiger partial charge is 0.349 e. The molecule has 150 valence electrons. The van der Waals surface area contributed by atoms with E-state index in [0.717, 1.165) is 5.56 Å². The molecule has 0 aliphatic heterocycles. The summed E-state index contributed by atoms with van der Waals surface area (Å²) in [7, 11) is -3.45. The number of carbonyl (C=O) groups is 2. The third kappa shape index (κ3) is 6.13. The maximum atomic E-state index is 12.6. The molecule has 0 saturated heterocycles. The number of ketones is 1. The number of rotatable bonds is 10. The van der Waals surface area contributed by atoms with Gasteiger partial charge >= 0.3 is 7.60 Å². The van der Waals surface area contributed by atoms with E-state index in [1.165, 1.54) is 0 Å². The van der Waals surface area contributed by atoms with Crippen molar-refractivity contribution >= 4 is 19.3 Å². The molecule has 1 N–H and O–H groups in total. The first-order valence-corrected chi connectivity index (χ1v) is 11.0. The molecule has 0 aromatic heterocycles. The first-order chi connectivity index (χ1) is 13.4. The average molecular weight is 403 g/mol. The summed E-state index contributed by atoms with van der Waals surface area (Å²) >= 11 is 0. The van der Waals surface area contributed by atoms with Gasteiger partial charge in [0.05, 0.1) is 19.3 Å². The number of benzene rings is 2. The van der Waals surface area contributed by atoms with Gasteiger partial charge in [-0.05, 0) is 32.4 Å². The van der Waals surface area contributed by atoms with E-state index in [-0.39, 0.29) is 31.2 Å². The van der Waals surface area contributed by atoms with Crippen LogP contribution in [0.15, 0.2) is 54.6 Å². The normalized spacial score (nSPS) is 12.4. The van der Waals surface area contributed by atoms with Gasteiger partial charge in [-0.3, -0.25) is 14.2 Å². The summed E-state index contributed by atoms with van der Waals surface area (Å²) in [5, 5.41) is 2.79. The van der Waals surface area contributed by atoms with Crippen molar-refractivity contribution in [2.75, 3.05) is 19.4 Å². The topological polar surface area (TPSA) is 81.7 Å². The van der Waals surface area contributed by atoms with Crippen LogP contribution in [0.2, 0.25) is 0 Å². The second-order valence-corrected chi connectivity index (χ2v) is 8.27. The van der Waals surface area contributed by atoms with Crippen LogP contribution in [0.4, 0.5) is 0 Å². The lowest BCUT2D eigenvalue weighted by Crippen LogP contribution is -2.30. The molecule has 0 bridgehead atoms. The zero-order valence-corrected chi connectivity index (χ0v) is 17.3. The first-order valence-electron chi connectivity index (χ1n) is 9.25. The highest BCUT2D eigenvalue weighted by atomic mass is 31.2. The van der Waals surface area contributed by atoms with Gasteiger partial charge in [0, 0.05) is 11.1 Å². The van der Waals surface area contributed by atoms with E-state index in [1.54, 1.807) is 51.1 Å². The Morgan fingerprint density at radius 1 is 0.964 bits per heavy atom. The molecule has 0 aliphatic rings. The van der Waals surface area contributed by atoms with Crippen molar-refractivity contribution < 1.29 is 23.2 Å². The van der Waals surface area contributed by atoms with E-state index >= 15 is 0 Å². The summed E-state index contributed by atoms with van der Waals surface area (Å²) in [4.78, 5) is 24.9. The number of hydrogen-bond donors (Lipinski definition) is 1. The Balaban J connectivity index is 2.08. The monoisotopic (exact) mass is 403 g/mol. The highest BCUT2D eigenvalue weighted by molar-refractivity contribution is 7.54. The molecular weight excluding hydrogens is 377 g/mol. The Kier molecular flexibility index (Phi) is 8.12. The van der Waals surface area contributed by atoms with E-state index < -0.39 is 13.5 Å². The molecule has 0 saturated carbocycles. The standard InChI is InChI=1S/C21H26NO5P/c1-4-26-28(25,27-5-2)15-20(23)22-16(3)18-12-9-13-19(14-18)21(24)17-10-7-6-8-11-17/h6-14,16H,4-5,15H2,1-3H3,(H,22,23)/t16-/m0/s1. The molecule has 0 aliphatic carbocycles. The van der Waals surface area contributed by atoms with Crippen molar-refractivity contribution in [3.8, 4) is 0 Å². The third-order valence-corrected chi connectivity index (χ3v) is 6.03. The maximum absolute atomic E-state index is 12.6.